The Morgan fingerprint density at radius 2 is 2.05 bits per heavy atom. The van der Waals surface area contributed by atoms with Gasteiger partial charge in [0.25, 0.3) is 5.91 Å². The van der Waals surface area contributed by atoms with Gasteiger partial charge in [0.05, 0.1) is 4.90 Å². The number of benzene rings is 1. The van der Waals surface area contributed by atoms with Crippen molar-refractivity contribution in [3.63, 3.8) is 0 Å². The van der Waals surface area contributed by atoms with E-state index < -0.39 is 37.4 Å². The average molecular weight is 308 g/mol. The number of hydrogen-bond acceptors (Lipinski definition) is 4. The maximum Gasteiger partial charge on any atom is 0.251 e. The van der Waals surface area contributed by atoms with Crippen LogP contribution in [0.1, 0.15) is 10.4 Å². The highest BCUT2D eigenvalue weighted by Gasteiger charge is 2.14. The summed E-state index contributed by atoms with van der Waals surface area (Å²) in [7, 11) is -5.15. The van der Waals surface area contributed by atoms with Gasteiger partial charge >= 0.3 is 0 Å². The van der Waals surface area contributed by atoms with Crippen molar-refractivity contribution in [2.24, 2.45) is 5.14 Å². The molecule has 1 aromatic carbocycles. The summed E-state index contributed by atoms with van der Waals surface area (Å²) >= 11 is 0. The van der Waals surface area contributed by atoms with Gasteiger partial charge in [-0.05, 0) is 18.2 Å². The van der Waals surface area contributed by atoms with Gasteiger partial charge in [0.1, 0.15) is 5.82 Å². The van der Waals surface area contributed by atoms with E-state index in [0.29, 0.717) is 0 Å². The fourth-order valence-electron chi connectivity index (χ4n) is 1.27. The molecule has 0 bridgehead atoms. The molecule has 1 atom stereocenters. The number of nitrogens with one attached hydrogen (secondary N) is 1. The first kappa shape index (κ1) is 15.7. The minimum Gasteiger partial charge on any atom is -0.351 e. The lowest BCUT2D eigenvalue weighted by Gasteiger charge is -2.06. The molecule has 0 aliphatic carbocycles. The Balaban J connectivity index is 2.92. The smallest absolute Gasteiger partial charge is 0.251 e. The molecule has 0 heterocycles. The van der Waals surface area contributed by atoms with Crippen LogP contribution in [0, 0.1) is 5.82 Å². The molecule has 0 aliphatic heterocycles. The minimum absolute atomic E-state index is 0.142. The zero-order valence-electron chi connectivity index (χ0n) is 10.1. The van der Waals surface area contributed by atoms with E-state index >= 15 is 0 Å². The van der Waals surface area contributed by atoms with Crippen molar-refractivity contribution in [1.82, 2.24) is 5.32 Å². The van der Waals surface area contributed by atoms with E-state index in [0.717, 1.165) is 18.2 Å². The van der Waals surface area contributed by atoms with Gasteiger partial charge in [0, 0.05) is 34.9 Å². The first-order valence-corrected chi connectivity index (χ1v) is 8.39. The highest BCUT2D eigenvalue weighted by atomic mass is 32.2. The molecule has 106 valence electrons. The van der Waals surface area contributed by atoms with Gasteiger partial charge < -0.3 is 5.32 Å². The standard InChI is InChI=1S/C10H13FN2O4S2/c1-18(15)3-2-13-10(14)7-4-8(11)6-9(5-7)19(12,16)17/h4-6H,2-3H2,1H3,(H,13,14)(H2,12,16,17). The largest absolute Gasteiger partial charge is 0.351 e. The second-order valence-electron chi connectivity index (χ2n) is 3.75. The van der Waals surface area contributed by atoms with E-state index in [1.54, 1.807) is 0 Å². The molecule has 9 heteroatoms. The first-order chi connectivity index (χ1) is 8.70. The van der Waals surface area contributed by atoms with Gasteiger partial charge in [-0.25, -0.2) is 17.9 Å². The van der Waals surface area contributed by atoms with E-state index in [4.69, 9.17) is 5.14 Å². The molecule has 19 heavy (non-hydrogen) atoms. The Bertz CT molecular complexity index is 616. The highest BCUT2D eigenvalue weighted by molar-refractivity contribution is 7.89. The summed E-state index contributed by atoms with van der Waals surface area (Å²) in [5, 5.41) is 7.27. The maximum atomic E-state index is 13.2. The Labute approximate surface area is 112 Å². The summed E-state index contributed by atoms with van der Waals surface area (Å²) in [6, 6.07) is 2.61. The molecule has 0 radical (unpaired) electrons. The molecule has 1 unspecified atom stereocenters. The van der Waals surface area contributed by atoms with Gasteiger partial charge in [0.2, 0.25) is 10.0 Å². The molecule has 0 spiro atoms. The Hall–Kier alpha value is -1.32. The number of rotatable bonds is 5. The Morgan fingerprint density at radius 1 is 1.42 bits per heavy atom. The van der Waals surface area contributed by atoms with E-state index in [2.05, 4.69) is 5.32 Å². The third-order valence-corrected chi connectivity index (χ3v) is 3.81. The summed E-state index contributed by atoms with van der Waals surface area (Å²) in [6.45, 7) is 0.142. The normalized spacial score (nSPS) is 13.0. The summed E-state index contributed by atoms with van der Waals surface area (Å²) < 4.78 is 46.2. The highest BCUT2D eigenvalue weighted by Crippen LogP contribution is 2.13. The Kier molecular flexibility index (Phi) is 5.15. The van der Waals surface area contributed by atoms with E-state index in [-0.39, 0.29) is 17.9 Å². The molecule has 0 aliphatic rings. The quantitative estimate of drug-likeness (QED) is 0.770. The molecule has 0 aromatic heterocycles. The third-order valence-electron chi connectivity index (χ3n) is 2.14. The van der Waals surface area contributed by atoms with E-state index in [1.807, 2.05) is 0 Å². The second-order valence-corrected chi connectivity index (χ2v) is 6.87. The van der Waals surface area contributed by atoms with Crippen LogP contribution in [0.25, 0.3) is 0 Å². The molecular weight excluding hydrogens is 295 g/mol. The van der Waals surface area contributed by atoms with Crippen molar-refractivity contribution in [1.29, 1.82) is 0 Å². The molecule has 0 saturated carbocycles. The zero-order valence-corrected chi connectivity index (χ0v) is 11.7. The van der Waals surface area contributed by atoms with Crippen LogP contribution in [0.5, 0.6) is 0 Å². The van der Waals surface area contributed by atoms with Crippen molar-refractivity contribution in [3.8, 4) is 0 Å². The number of nitrogens with two attached hydrogens (primary N) is 1. The summed E-state index contributed by atoms with van der Waals surface area (Å²) in [5.41, 5.74) is -0.161. The van der Waals surface area contributed by atoms with Crippen molar-refractivity contribution >= 4 is 26.7 Å². The molecule has 6 nitrogen and oxygen atoms in total. The van der Waals surface area contributed by atoms with Crippen LogP contribution in [-0.2, 0) is 20.8 Å². The van der Waals surface area contributed by atoms with Crippen LogP contribution in [0.4, 0.5) is 4.39 Å². The third kappa shape index (κ3) is 5.05. The molecular formula is C10H13FN2O4S2. The summed E-state index contributed by atoms with van der Waals surface area (Å²) in [5.74, 6) is -1.28. The molecule has 0 fully saturated rings. The fourth-order valence-corrected chi connectivity index (χ4v) is 2.23. The van der Waals surface area contributed by atoms with Crippen molar-refractivity contribution in [2.75, 3.05) is 18.6 Å². The predicted octanol–water partition coefficient (Wildman–Crippen LogP) is -0.419. The van der Waals surface area contributed by atoms with Crippen LogP contribution < -0.4 is 10.5 Å². The first-order valence-electron chi connectivity index (χ1n) is 5.12. The molecule has 1 aromatic rings. The number of carbonyl (C=O) groups excluding carboxylic acids is 1. The van der Waals surface area contributed by atoms with Crippen molar-refractivity contribution in [2.45, 2.75) is 4.90 Å². The molecule has 0 saturated heterocycles. The van der Waals surface area contributed by atoms with Crippen molar-refractivity contribution < 1.29 is 21.8 Å². The summed E-state index contributed by atoms with van der Waals surface area (Å²) in [6.07, 6.45) is 1.48. The monoisotopic (exact) mass is 308 g/mol. The van der Waals surface area contributed by atoms with Crippen LogP contribution >= 0.6 is 0 Å². The van der Waals surface area contributed by atoms with Gasteiger partial charge in [-0.1, -0.05) is 0 Å². The minimum atomic E-state index is -4.08. The van der Waals surface area contributed by atoms with Crippen LogP contribution in [0.15, 0.2) is 23.1 Å². The molecule has 3 N–H and O–H groups in total. The SMILES string of the molecule is CS(=O)CCNC(=O)c1cc(F)cc(S(N)(=O)=O)c1. The van der Waals surface area contributed by atoms with Crippen molar-refractivity contribution in [3.05, 3.63) is 29.6 Å². The number of carbonyl (C=O) groups is 1. The van der Waals surface area contributed by atoms with Gasteiger partial charge in [-0.2, -0.15) is 0 Å². The number of sulfonamides is 1. The number of halogens is 1. The second kappa shape index (κ2) is 6.22. The average Bonchev–Trinajstić information content (AvgIpc) is 2.26. The number of hydrogen-bond donors (Lipinski definition) is 2. The molecule has 1 rings (SSSR count). The topological polar surface area (TPSA) is 106 Å². The van der Waals surface area contributed by atoms with E-state index in [9.17, 15) is 21.8 Å². The van der Waals surface area contributed by atoms with Crippen LogP contribution in [0.2, 0.25) is 0 Å². The van der Waals surface area contributed by atoms with Crippen LogP contribution in [0.3, 0.4) is 0 Å². The predicted molar refractivity (Wildman–Crippen MR) is 69.0 cm³/mol. The van der Waals surface area contributed by atoms with Gasteiger partial charge in [-0.15, -0.1) is 0 Å². The summed E-state index contributed by atoms with van der Waals surface area (Å²) in [4.78, 5) is 11.2. The lowest BCUT2D eigenvalue weighted by atomic mass is 10.2. The van der Waals surface area contributed by atoms with E-state index in [1.165, 1.54) is 6.26 Å². The lowest BCUT2D eigenvalue weighted by Crippen LogP contribution is -2.28. The fraction of sp³-hybridized carbons (Fsp3) is 0.300. The maximum absolute atomic E-state index is 13.2. The zero-order chi connectivity index (χ0) is 14.6. The molecule has 1 amide bonds. The van der Waals surface area contributed by atoms with Crippen LogP contribution in [-0.4, -0.2) is 37.1 Å². The number of amides is 1. The lowest BCUT2D eigenvalue weighted by molar-refractivity contribution is 0.0955. The Morgan fingerprint density at radius 3 is 2.58 bits per heavy atom. The number of primary sulfonamides is 1. The van der Waals surface area contributed by atoms with Gasteiger partial charge in [-0.3, -0.25) is 9.00 Å². The van der Waals surface area contributed by atoms with Gasteiger partial charge in [0.15, 0.2) is 0 Å².